The maximum absolute atomic E-state index is 13.4. The highest BCUT2D eigenvalue weighted by Crippen LogP contribution is 2.56. The topological polar surface area (TPSA) is 49.3 Å². The van der Waals surface area contributed by atoms with Gasteiger partial charge in [0.1, 0.15) is 0 Å². The molecule has 2 aliphatic heterocycles. The molecule has 0 unspecified atom stereocenters. The molecule has 1 aromatic heterocycles. The zero-order valence-corrected chi connectivity index (χ0v) is 18.2. The van der Waals surface area contributed by atoms with Crippen molar-refractivity contribution in [2.75, 3.05) is 19.6 Å². The Labute approximate surface area is 173 Å². The van der Waals surface area contributed by atoms with Gasteiger partial charge in [-0.15, -0.1) is 0 Å². The fraction of sp³-hybridized carbons (Fsp3) is 0.625. The van der Waals surface area contributed by atoms with Crippen LogP contribution in [0.5, 0.6) is 0 Å². The molecular weight excluding hydrogens is 360 g/mol. The highest BCUT2D eigenvalue weighted by Gasteiger charge is 2.57. The number of fused-ring (bicyclic) bond motifs is 5. The van der Waals surface area contributed by atoms with E-state index in [-0.39, 0.29) is 22.9 Å². The van der Waals surface area contributed by atoms with Crippen LogP contribution in [0.25, 0.3) is 11.0 Å². The van der Waals surface area contributed by atoms with E-state index in [1.165, 1.54) is 17.5 Å². The Hall–Kier alpha value is -2.17. The number of likely N-dealkylation sites (tertiary alicyclic amines) is 2. The summed E-state index contributed by atoms with van der Waals surface area (Å²) in [5, 5.41) is 0. The Morgan fingerprint density at radius 3 is 2.59 bits per heavy atom. The zero-order valence-electron chi connectivity index (χ0n) is 18.2. The molecule has 3 aliphatic rings. The number of benzene rings is 1. The number of hydrogen-bond acceptors (Lipinski definition) is 3. The van der Waals surface area contributed by atoms with E-state index in [0.29, 0.717) is 0 Å². The highest BCUT2D eigenvalue weighted by atomic mass is 16.2. The molecule has 29 heavy (non-hydrogen) atoms. The van der Waals surface area contributed by atoms with Crippen molar-refractivity contribution in [1.82, 2.24) is 19.8 Å². The molecule has 2 aromatic rings. The largest absolute Gasteiger partial charge is 0.325 e. The third-order valence-electron chi connectivity index (χ3n) is 8.25. The average Bonchev–Trinajstić information content (AvgIpc) is 2.70. The SMILES string of the molecule is Cc1cnc2cc3c(cc2n1)C[C@H]1N(C(=O)N2CCCCC2)CC[C@]3(C)C1(C)C. The first-order valence-electron chi connectivity index (χ1n) is 11.1. The van der Waals surface area contributed by atoms with Gasteiger partial charge in [0.05, 0.1) is 16.7 Å². The monoisotopic (exact) mass is 392 g/mol. The summed E-state index contributed by atoms with van der Waals surface area (Å²) in [6, 6.07) is 4.99. The number of aryl methyl sites for hydroxylation is 1. The van der Waals surface area contributed by atoms with Gasteiger partial charge in [-0.3, -0.25) is 4.98 Å². The van der Waals surface area contributed by atoms with Crippen LogP contribution >= 0.6 is 0 Å². The average molecular weight is 393 g/mol. The van der Waals surface area contributed by atoms with Gasteiger partial charge >= 0.3 is 6.03 Å². The van der Waals surface area contributed by atoms with Crippen LogP contribution in [0.2, 0.25) is 0 Å². The Balaban J connectivity index is 1.58. The minimum Gasteiger partial charge on any atom is -0.325 e. The van der Waals surface area contributed by atoms with Gasteiger partial charge in [0, 0.05) is 37.3 Å². The summed E-state index contributed by atoms with van der Waals surface area (Å²) in [5.41, 5.74) is 5.70. The number of carbonyl (C=O) groups excluding carboxylic acids is 1. The maximum atomic E-state index is 13.4. The minimum atomic E-state index is 0.00942. The molecule has 0 spiro atoms. The molecule has 5 nitrogen and oxygen atoms in total. The van der Waals surface area contributed by atoms with Crippen molar-refractivity contribution in [3.63, 3.8) is 0 Å². The number of urea groups is 1. The number of carbonyl (C=O) groups is 1. The predicted octanol–water partition coefficient (Wildman–Crippen LogP) is 4.46. The second-order valence-electron chi connectivity index (χ2n) is 10.1. The van der Waals surface area contributed by atoms with Gasteiger partial charge in [-0.2, -0.15) is 0 Å². The predicted molar refractivity (Wildman–Crippen MR) is 115 cm³/mol. The van der Waals surface area contributed by atoms with E-state index in [1.54, 1.807) is 0 Å². The number of rotatable bonds is 0. The van der Waals surface area contributed by atoms with Crippen molar-refractivity contribution >= 4 is 17.1 Å². The highest BCUT2D eigenvalue weighted by molar-refractivity contribution is 5.79. The fourth-order valence-corrected chi connectivity index (χ4v) is 6.01. The van der Waals surface area contributed by atoms with Crippen molar-refractivity contribution < 1.29 is 4.79 Å². The molecule has 2 amide bonds. The van der Waals surface area contributed by atoms with E-state index < -0.39 is 0 Å². The Kier molecular flexibility index (Phi) is 4.17. The Bertz CT molecular complexity index is 978. The van der Waals surface area contributed by atoms with Gasteiger partial charge < -0.3 is 9.80 Å². The van der Waals surface area contributed by atoms with Crippen LogP contribution in [-0.2, 0) is 11.8 Å². The van der Waals surface area contributed by atoms with Crippen LogP contribution in [0.1, 0.15) is 63.3 Å². The van der Waals surface area contributed by atoms with Crippen LogP contribution in [0, 0.1) is 12.3 Å². The van der Waals surface area contributed by atoms with E-state index in [1.807, 2.05) is 13.1 Å². The van der Waals surface area contributed by atoms with Gasteiger partial charge in [0.25, 0.3) is 0 Å². The first-order valence-corrected chi connectivity index (χ1v) is 11.1. The molecular formula is C24H32N4O. The van der Waals surface area contributed by atoms with Gasteiger partial charge in [-0.25, -0.2) is 9.78 Å². The van der Waals surface area contributed by atoms with Crippen molar-refractivity contribution in [2.45, 2.75) is 71.3 Å². The molecule has 5 rings (SSSR count). The number of amides is 2. The standard InChI is InChI=1S/C24H32N4O/c1-16-15-25-19-14-18-17(12-20(19)26-16)13-21-23(2,3)24(18,4)8-11-28(21)22(29)27-9-6-5-7-10-27/h12,14-15,21H,5-11,13H2,1-4H3/t21-,24+/m1/s1. The molecule has 1 aliphatic carbocycles. The summed E-state index contributed by atoms with van der Waals surface area (Å²) in [5.74, 6) is 0. The maximum Gasteiger partial charge on any atom is 0.320 e. The quantitative estimate of drug-likeness (QED) is 0.665. The molecule has 2 saturated heterocycles. The molecule has 2 atom stereocenters. The molecule has 0 N–H and O–H groups in total. The van der Waals surface area contributed by atoms with Crippen molar-refractivity contribution in [3.8, 4) is 0 Å². The van der Waals surface area contributed by atoms with Gasteiger partial charge in [-0.1, -0.05) is 20.8 Å². The second-order valence-corrected chi connectivity index (χ2v) is 10.1. The van der Waals surface area contributed by atoms with E-state index in [0.717, 1.165) is 62.0 Å². The summed E-state index contributed by atoms with van der Waals surface area (Å²) in [6.45, 7) is 11.8. The molecule has 2 bridgehead atoms. The third kappa shape index (κ3) is 2.69. The summed E-state index contributed by atoms with van der Waals surface area (Å²) in [7, 11) is 0. The van der Waals surface area contributed by atoms with Gasteiger partial charge in [0.15, 0.2) is 0 Å². The number of nitrogens with zero attached hydrogens (tertiary/aromatic N) is 4. The summed E-state index contributed by atoms with van der Waals surface area (Å²) in [4.78, 5) is 27.1. The molecule has 1 aromatic carbocycles. The van der Waals surface area contributed by atoms with Gasteiger partial charge in [0.2, 0.25) is 0 Å². The number of hydrogen-bond donors (Lipinski definition) is 0. The fourth-order valence-electron chi connectivity index (χ4n) is 6.01. The van der Waals surface area contributed by atoms with Crippen molar-refractivity contribution in [1.29, 1.82) is 0 Å². The third-order valence-corrected chi connectivity index (χ3v) is 8.25. The van der Waals surface area contributed by atoms with Crippen molar-refractivity contribution in [2.24, 2.45) is 5.41 Å². The summed E-state index contributed by atoms with van der Waals surface area (Å²) in [6.07, 6.45) is 7.28. The Morgan fingerprint density at radius 1 is 1.07 bits per heavy atom. The summed E-state index contributed by atoms with van der Waals surface area (Å²) >= 11 is 0. The molecule has 154 valence electrons. The lowest BCUT2D eigenvalue weighted by atomic mass is 9.51. The van der Waals surface area contributed by atoms with E-state index >= 15 is 0 Å². The molecule has 3 heterocycles. The molecule has 5 heteroatoms. The first kappa shape index (κ1) is 18.8. The van der Waals surface area contributed by atoms with E-state index in [4.69, 9.17) is 4.98 Å². The van der Waals surface area contributed by atoms with Gasteiger partial charge in [-0.05, 0) is 67.7 Å². The smallest absolute Gasteiger partial charge is 0.320 e. The van der Waals surface area contributed by atoms with Crippen LogP contribution in [-0.4, -0.2) is 51.5 Å². The lowest BCUT2D eigenvalue weighted by Crippen LogP contribution is -2.66. The van der Waals surface area contributed by atoms with Crippen molar-refractivity contribution in [3.05, 3.63) is 35.2 Å². The molecule has 0 radical (unpaired) electrons. The summed E-state index contributed by atoms with van der Waals surface area (Å²) < 4.78 is 0. The molecule has 2 fully saturated rings. The van der Waals surface area contributed by atoms with Crippen LogP contribution in [0.4, 0.5) is 4.79 Å². The lowest BCUT2D eigenvalue weighted by molar-refractivity contribution is -0.0241. The first-order chi connectivity index (χ1) is 13.8. The molecule has 0 saturated carbocycles. The van der Waals surface area contributed by atoms with Crippen LogP contribution in [0.3, 0.4) is 0 Å². The zero-order chi connectivity index (χ0) is 20.4. The lowest BCUT2D eigenvalue weighted by Gasteiger charge is -2.61. The second kappa shape index (κ2) is 6.41. The van der Waals surface area contributed by atoms with Crippen LogP contribution in [0.15, 0.2) is 18.3 Å². The Morgan fingerprint density at radius 2 is 1.83 bits per heavy atom. The number of piperidine rings is 2. The normalized spacial score (nSPS) is 28.3. The minimum absolute atomic E-state index is 0.00942. The number of aromatic nitrogens is 2. The van der Waals surface area contributed by atoms with Crippen LogP contribution < -0.4 is 0 Å². The van der Waals surface area contributed by atoms with E-state index in [2.05, 4.69) is 47.7 Å². The van der Waals surface area contributed by atoms with E-state index in [9.17, 15) is 4.79 Å².